The Kier molecular flexibility index (Phi) is 7.82. The van der Waals surface area contributed by atoms with E-state index in [1.54, 1.807) is 0 Å². The fourth-order valence-corrected chi connectivity index (χ4v) is 6.19. The van der Waals surface area contributed by atoms with Gasteiger partial charge in [-0.2, -0.15) is 0 Å². The molecule has 0 aromatic heterocycles. The molecule has 0 radical (unpaired) electrons. The molecule has 0 aromatic rings. The predicted molar refractivity (Wildman–Crippen MR) is 120 cm³/mol. The normalized spacial score (nSPS) is 28.6. The van der Waals surface area contributed by atoms with Crippen molar-refractivity contribution < 1.29 is 18.9 Å². The zero-order valence-electron chi connectivity index (χ0n) is 19.7. The van der Waals surface area contributed by atoms with Crippen molar-refractivity contribution in [1.29, 1.82) is 0 Å². The van der Waals surface area contributed by atoms with E-state index in [1.807, 2.05) is 0 Å². The first-order valence-corrected chi connectivity index (χ1v) is 12.9. The lowest BCUT2D eigenvalue weighted by Gasteiger charge is -2.46. The van der Waals surface area contributed by atoms with Crippen LogP contribution in [0.2, 0.25) is 0 Å². The monoisotopic (exact) mass is 422 g/mol. The fourth-order valence-electron chi connectivity index (χ4n) is 6.19. The van der Waals surface area contributed by atoms with Crippen LogP contribution in [0, 0.1) is 28.1 Å². The lowest BCUT2D eigenvalue weighted by Crippen LogP contribution is -2.48. The maximum atomic E-state index is 6.42. The van der Waals surface area contributed by atoms with E-state index >= 15 is 0 Å². The summed E-state index contributed by atoms with van der Waals surface area (Å²) in [5.41, 5.74) is 0.762. The predicted octanol–water partition coefficient (Wildman–Crippen LogP) is 5.63. The van der Waals surface area contributed by atoms with E-state index in [2.05, 4.69) is 13.8 Å². The van der Waals surface area contributed by atoms with Gasteiger partial charge in [-0.1, -0.05) is 46.0 Å². The van der Waals surface area contributed by atoms with Crippen LogP contribution in [0.3, 0.4) is 0 Å². The van der Waals surface area contributed by atoms with Gasteiger partial charge < -0.3 is 18.9 Å². The van der Waals surface area contributed by atoms with Crippen LogP contribution in [-0.2, 0) is 18.9 Å². The Labute approximate surface area is 184 Å². The second-order valence-electron chi connectivity index (χ2n) is 11.4. The van der Waals surface area contributed by atoms with Gasteiger partial charge in [0, 0.05) is 16.2 Å². The smallest absolute Gasteiger partial charge is 0.0566 e. The summed E-state index contributed by atoms with van der Waals surface area (Å²) in [5, 5.41) is 0. The minimum Gasteiger partial charge on any atom is -0.380 e. The Morgan fingerprint density at radius 1 is 0.600 bits per heavy atom. The second-order valence-corrected chi connectivity index (χ2v) is 11.4. The third-order valence-corrected chi connectivity index (χ3v) is 9.17. The SMILES string of the molecule is CCC1(COCC2(COCC3(CC)COC3)CCC(C3CCCCC3)CC2)COC1. The molecule has 30 heavy (non-hydrogen) atoms. The Morgan fingerprint density at radius 2 is 1.03 bits per heavy atom. The van der Waals surface area contributed by atoms with E-state index in [1.165, 1.54) is 57.8 Å². The summed E-state index contributed by atoms with van der Waals surface area (Å²) in [5.74, 6) is 1.94. The molecule has 4 nitrogen and oxygen atoms in total. The molecule has 4 heteroatoms. The highest BCUT2D eigenvalue weighted by molar-refractivity contribution is 4.91. The third-order valence-electron chi connectivity index (χ3n) is 9.17. The van der Waals surface area contributed by atoms with Crippen molar-refractivity contribution in [3.8, 4) is 0 Å². The maximum absolute atomic E-state index is 6.42. The summed E-state index contributed by atoms with van der Waals surface area (Å²) in [4.78, 5) is 0. The lowest BCUT2D eigenvalue weighted by atomic mass is 9.65. The molecule has 0 atom stereocenters. The molecule has 2 aliphatic carbocycles. The van der Waals surface area contributed by atoms with Gasteiger partial charge in [0.25, 0.3) is 0 Å². The summed E-state index contributed by atoms with van der Waals surface area (Å²) >= 11 is 0. The maximum Gasteiger partial charge on any atom is 0.0566 e. The summed E-state index contributed by atoms with van der Waals surface area (Å²) < 4.78 is 23.8. The van der Waals surface area contributed by atoms with Crippen molar-refractivity contribution in [3.05, 3.63) is 0 Å². The van der Waals surface area contributed by atoms with Crippen LogP contribution in [0.15, 0.2) is 0 Å². The molecule has 2 saturated heterocycles. The van der Waals surface area contributed by atoms with Crippen molar-refractivity contribution in [2.45, 2.75) is 84.5 Å². The third kappa shape index (κ3) is 5.24. The average molecular weight is 423 g/mol. The molecule has 174 valence electrons. The Balaban J connectivity index is 1.30. The highest BCUT2D eigenvalue weighted by Gasteiger charge is 2.42. The summed E-state index contributed by atoms with van der Waals surface area (Å²) in [6, 6.07) is 0. The molecule has 2 saturated carbocycles. The average Bonchev–Trinajstić information content (AvgIpc) is 2.73. The van der Waals surface area contributed by atoms with Gasteiger partial charge in [-0.15, -0.1) is 0 Å². The van der Waals surface area contributed by atoms with Gasteiger partial charge in [0.15, 0.2) is 0 Å². The van der Waals surface area contributed by atoms with Gasteiger partial charge in [0.1, 0.15) is 0 Å². The molecule has 2 heterocycles. The molecular formula is C26H46O4. The van der Waals surface area contributed by atoms with Gasteiger partial charge in [0.2, 0.25) is 0 Å². The minimum absolute atomic E-state index is 0.213. The van der Waals surface area contributed by atoms with Crippen LogP contribution >= 0.6 is 0 Å². The zero-order chi connectivity index (χ0) is 20.9. The molecule has 4 aliphatic rings. The first-order valence-electron chi connectivity index (χ1n) is 12.9. The Morgan fingerprint density at radius 3 is 1.43 bits per heavy atom. The molecule has 4 rings (SSSR count). The van der Waals surface area contributed by atoms with Crippen LogP contribution in [0.5, 0.6) is 0 Å². The van der Waals surface area contributed by atoms with Crippen molar-refractivity contribution >= 4 is 0 Å². The highest BCUT2D eigenvalue weighted by atomic mass is 16.5. The van der Waals surface area contributed by atoms with Crippen LogP contribution in [0.1, 0.15) is 84.5 Å². The Hall–Kier alpha value is -0.160. The van der Waals surface area contributed by atoms with Crippen LogP contribution < -0.4 is 0 Å². The van der Waals surface area contributed by atoms with Crippen molar-refractivity contribution in [2.24, 2.45) is 28.1 Å². The molecule has 0 spiro atoms. The molecule has 0 N–H and O–H groups in total. The Bertz CT molecular complexity index is 470. The van der Waals surface area contributed by atoms with E-state index in [0.29, 0.717) is 0 Å². The largest absolute Gasteiger partial charge is 0.380 e. The quantitative estimate of drug-likeness (QED) is 0.432. The summed E-state index contributed by atoms with van der Waals surface area (Å²) in [6.07, 6.45) is 14.9. The van der Waals surface area contributed by atoms with E-state index in [4.69, 9.17) is 18.9 Å². The fraction of sp³-hybridized carbons (Fsp3) is 1.00. The molecule has 2 aliphatic heterocycles. The van der Waals surface area contributed by atoms with Crippen molar-refractivity contribution in [1.82, 2.24) is 0 Å². The number of rotatable bonds is 11. The topological polar surface area (TPSA) is 36.9 Å². The molecule has 4 fully saturated rings. The first kappa shape index (κ1) is 23.0. The molecule has 0 aromatic carbocycles. The number of hydrogen-bond donors (Lipinski definition) is 0. The van der Waals surface area contributed by atoms with E-state index in [0.717, 1.165) is 77.5 Å². The van der Waals surface area contributed by atoms with E-state index in [-0.39, 0.29) is 16.2 Å². The zero-order valence-corrected chi connectivity index (χ0v) is 19.7. The van der Waals surface area contributed by atoms with Crippen molar-refractivity contribution in [2.75, 3.05) is 52.9 Å². The van der Waals surface area contributed by atoms with Gasteiger partial charge in [-0.25, -0.2) is 0 Å². The number of ether oxygens (including phenoxy) is 4. The van der Waals surface area contributed by atoms with Crippen LogP contribution in [0.25, 0.3) is 0 Å². The number of hydrogen-bond acceptors (Lipinski definition) is 4. The molecule has 0 unspecified atom stereocenters. The lowest BCUT2D eigenvalue weighted by molar-refractivity contribution is -0.175. The van der Waals surface area contributed by atoms with Crippen molar-refractivity contribution in [3.63, 3.8) is 0 Å². The van der Waals surface area contributed by atoms with Gasteiger partial charge >= 0.3 is 0 Å². The van der Waals surface area contributed by atoms with Crippen LogP contribution in [-0.4, -0.2) is 52.9 Å². The molecule has 0 bridgehead atoms. The molecular weight excluding hydrogens is 376 g/mol. The van der Waals surface area contributed by atoms with Gasteiger partial charge in [0.05, 0.1) is 52.9 Å². The van der Waals surface area contributed by atoms with E-state index in [9.17, 15) is 0 Å². The first-order chi connectivity index (χ1) is 14.6. The summed E-state index contributed by atoms with van der Waals surface area (Å²) in [7, 11) is 0. The van der Waals surface area contributed by atoms with Crippen LogP contribution in [0.4, 0.5) is 0 Å². The standard InChI is InChI=1S/C26H46O4/c1-3-24(14-27-15-24)18-29-20-26(21-30-19-25(4-2)16-28-17-25)12-10-23(11-13-26)22-8-6-5-7-9-22/h22-23H,3-21H2,1-2H3. The van der Waals surface area contributed by atoms with Gasteiger partial charge in [-0.3, -0.25) is 0 Å². The highest BCUT2D eigenvalue weighted by Crippen LogP contribution is 2.46. The van der Waals surface area contributed by atoms with Gasteiger partial charge in [-0.05, 0) is 50.4 Å². The van der Waals surface area contributed by atoms with E-state index < -0.39 is 0 Å². The summed E-state index contributed by atoms with van der Waals surface area (Å²) in [6.45, 7) is 11.4. The minimum atomic E-state index is 0.213. The second kappa shape index (κ2) is 10.2. The molecule has 0 amide bonds.